The summed E-state index contributed by atoms with van der Waals surface area (Å²) < 4.78 is 17.0. The predicted molar refractivity (Wildman–Crippen MR) is 157 cm³/mol. The highest BCUT2D eigenvalue weighted by Gasteiger charge is 2.17. The molecule has 0 bridgehead atoms. The Hall–Kier alpha value is -0.650. The van der Waals surface area contributed by atoms with E-state index in [-0.39, 0.29) is 6.10 Å². The van der Waals surface area contributed by atoms with Crippen LogP contribution in [0.25, 0.3) is 0 Å². The molecule has 0 aromatic heterocycles. The normalized spacial score (nSPS) is 13.2. The van der Waals surface area contributed by atoms with Gasteiger partial charge in [0.05, 0.1) is 32.5 Å². The molecule has 1 N–H and O–H groups in total. The zero-order valence-corrected chi connectivity index (χ0v) is 25.1. The van der Waals surface area contributed by atoms with Gasteiger partial charge in [-0.05, 0) is 19.8 Å². The Morgan fingerprint density at radius 2 is 0.919 bits per heavy atom. The van der Waals surface area contributed by atoms with Crippen LogP contribution in [0.1, 0.15) is 162 Å². The Bertz CT molecular complexity index is 456. The van der Waals surface area contributed by atoms with Crippen LogP contribution >= 0.6 is 0 Å². The Balaban J connectivity index is 3.48. The van der Waals surface area contributed by atoms with Gasteiger partial charge in [-0.3, -0.25) is 0 Å². The van der Waals surface area contributed by atoms with Crippen LogP contribution in [-0.4, -0.2) is 49.7 Å². The molecular formula is C32H64O5. The molecule has 0 heterocycles. The highest BCUT2D eigenvalue weighted by Crippen LogP contribution is 2.14. The number of rotatable bonds is 31. The van der Waals surface area contributed by atoms with Crippen molar-refractivity contribution in [3.63, 3.8) is 0 Å². The van der Waals surface area contributed by atoms with Gasteiger partial charge in [-0.15, -0.1) is 0 Å². The first-order valence-corrected chi connectivity index (χ1v) is 16.2. The molecule has 5 nitrogen and oxygen atoms in total. The van der Waals surface area contributed by atoms with Crippen LogP contribution < -0.4 is 0 Å². The number of unbranched alkanes of at least 4 members (excludes halogenated alkanes) is 18. The molecule has 0 aliphatic carbocycles. The van der Waals surface area contributed by atoms with Gasteiger partial charge in [0.1, 0.15) is 0 Å². The Labute approximate surface area is 230 Å². The molecule has 0 saturated carbocycles. The van der Waals surface area contributed by atoms with Gasteiger partial charge in [0.2, 0.25) is 0 Å². The average molecular weight is 529 g/mol. The SMILES string of the molecule is CCCCCCCCCCCCC(C)OCCOCCOC(CCCCCCCCCCCC)C(=O)O. The third-order valence-electron chi connectivity index (χ3n) is 7.24. The molecule has 0 aromatic rings. The van der Waals surface area contributed by atoms with Crippen molar-refractivity contribution in [2.45, 2.75) is 174 Å². The van der Waals surface area contributed by atoms with E-state index in [1.54, 1.807) is 0 Å². The number of carbonyl (C=O) groups is 1. The summed E-state index contributed by atoms with van der Waals surface area (Å²) in [4.78, 5) is 11.5. The summed E-state index contributed by atoms with van der Waals surface area (Å²) in [5.41, 5.74) is 0. The third-order valence-corrected chi connectivity index (χ3v) is 7.24. The molecule has 0 aliphatic rings. The molecular weight excluding hydrogens is 464 g/mol. The van der Waals surface area contributed by atoms with E-state index in [4.69, 9.17) is 14.2 Å². The molecule has 37 heavy (non-hydrogen) atoms. The standard InChI is InChI=1S/C32H64O5/c1-4-6-8-10-12-14-16-18-20-22-24-30(3)36-28-26-35-27-29-37-31(32(33)34)25-23-21-19-17-15-13-11-9-7-5-2/h30-31H,4-29H2,1-3H3,(H,33,34). The Morgan fingerprint density at radius 3 is 1.35 bits per heavy atom. The van der Waals surface area contributed by atoms with E-state index in [1.807, 2.05) is 0 Å². The summed E-state index contributed by atoms with van der Waals surface area (Å²) in [5, 5.41) is 9.40. The topological polar surface area (TPSA) is 65.0 Å². The van der Waals surface area contributed by atoms with Crippen LogP contribution in [0, 0.1) is 0 Å². The van der Waals surface area contributed by atoms with Crippen molar-refractivity contribution < 1.29 is 24.1 Å². The van der Waals surface area contributed by atoms with Gasteiger partial charge in [-0.25, -0.2) is 4.79 Å². The van der Waals surface area contributed by atoms with Gasteiger partial charge in [-0.1, -0.05) is 142 Å². The highest BCUT2D eigenvalue weighted by atomic mass is 16.6. The van der Waals surface area contributed by atoms with Gasteiger partial charge in [0, 0.05) is 0 Å². The lowest BCUT2D eigenvalue weighted by Crippen LogP contribution is -2.26. The van der Waals surface area contributed by atoms with Crippen LogP contribution in [0.15, 0.2) is 0 Å². The second-order valence-corrected chi connectivity index (χ2v) is 10.9. The lowest BCUT2D eigenvalue weighted by atomic mass is 10.0. The van der Waals surface area contributed by atoms with Gasteiger partial charge >= 0.3 is 5.97 Å². The molecule has 0 aromatic carbocycles. The predicted octanol–water partition coefficient (Wildman–Crippen LogP) is 9.50. The lowest BCUT2D eigenvalue weighted by Gasteiger charge is -2.15. The van der Waals surface area contributed by atoms with Crippen molar-refractivity contribution in [1.82, 2.24) is 0 Å². The molecule has 5 heteroatoms. The van der Waals surface area contributed by atoms with Gasteiger partial charge in [-0.2, -0.15) is 0 Å². The monoisotopic (exact) mass is 528 g/mol. The summed E-state index contributed by atoms with van der Waals surface area (Å²) >= 11 is 0. The van der Waals surface area contributed by atoms with Crippen molar-refractivity contribution >= 4 is 5.97 Å². The van der Waals surface area contributed by atoms with E-state index in [1.165, 1.54) is 116 Å². The Kier molecular flexibility index (Phi) is 29.4. The van der Waals surface area contributed by atoms with Gasteiger partial charge in [0.25, 0.3) is 0 Å². The second-order valence-electron chi connectivity index (χ2n) is 10.9. The van der Waals surface area contributed by atoms with E-state index in [0.717, 1.165) is 19.3 Å². The zero-order chi connectivity index (χ0) is 27.2. The van der Waals surface area contributed by atoms with Crippen molar-refractivity contribution in [2.75, 3.05) is 26.4 Å². The molecule has 0 spiro atoms. The fourth-order valence-corrected chi connectivity index (χ4v) is 4.76. The maximum atomic E-state index is 11.5. The summed E-state index contributed by atoms with van der Waals surface area (Å²) in [6.45, 7) is 8.51. The first kappa shape index (κ1) is 36.4. The highest BCUT2D eigenvalue weighted by molar-refractivity contribution is 5.72. The average Bonchev–Trinajstić information content (AvgIpc) is 2.88. The minimum Gasteiger partial charge on any atom is -0.479 e. The summed E-state index contributed by atoms with van der Waals surface area (Å²) in [6.07, 6.45) is 27.3. The largest absolute Gasteiger partial charge is 0.479 e. The van der Waals surface area contributed by atoms with Crippen molar-refractivity contribution in [1.29, 1.82) is 0 Å². The van der Waals surface area contributed by atoms with E-state index in [9.17, 15) is 9.90 Å². The maximum Gasteiger partial charge on any atom is 0.332 e. The first-order valence-electron chi connectivity index (χ1n) is 16.2. The second kappa shape index (κ2) is 29.9. The molecule has 0 radical (unpaired) electrons. The van der Waals surface area contributed by atoms with E-state index >= 15 is 0 Å². The number of ether oxygens (including phenoxy) is 3. The van der Waals surface area contributed by atoms with E-state index < -0.39 is 12.1 Å². The van der Waals surface area contributed by atoms with E-state index in [0.29, 0.717) is 32.8 Å². The molecule has 0 amide bonds. The summed E-state index contributed by atoms with van der Waals surface area (Å²) in [6, 6.07) is 0. The lowest BCUT2D eigenvalue weighted by molar-refractivity contribution is -0.152. The van der Waals surface area contributed by atoms with Gasteiger partial charge in [0.15, 0.2) is 6.10 Å². The summed E-state index contributed by atoms with van der Waals surface area (Å²) in [7, 11) is 0. The Morgan fingerprint density at radius 1 is 0.541 bits per heavy atom. The van der Waals surface area contributed by atoms with Crippen molar-refractivity contribution in [3.05, 3.63) is 0 Å². The molecule has 0 saturated heterocycles. The third kappa shape index (κ3) is 28.2. The first-order chi connectivity index (χ1) is 18.1. The van der Waals surface area contributed by atoms with Crippen LogP contribution in [0.2, 0.25) is 0 Å². The van der Waals surface area contributed by atoms with Crippen LogP contribution in [0.3, 0.4) is 0 Å². The fourth-order valence-electron chi connectivity index (χ4n) is 4.76. The minimum atomic E-state index is -0.861. The fraction of sp³-hybridized carbons (Fsp3) is 0.969. The molecule has 0 rings (SSSR count). The number of carboxylic acids is 1. The number of hydrogen-bond donors (Lipinski definition) is 1. The molecule has 2 unspecified atom stereocenters. The van der Waals surface area contributed by atoms with E-state index in [2.05, 4.69) is 20.8 Å². The number of carboxylic acid groups (broad SMARTS) is 1. The van der Waals surface area contributed by atoms with Crippen LogP contribution in [-0.2, 0) is 19.0 Å². The zero-order valence-electron chi connectivity index (χ0n) is 25.1. The van der Waals surface area contributed by atoms with Crippen molar-refractivity contribution in [2.24, 2.45) is 0 Å². The quantitative estimate of drug-likeness (QED) is 0.0907. The molecule has 0 fully saturated rings. The van der Waals surface area contributed by atoms with Gasteiger partial charge < -0.3 is 19.3 Å². The number of hydrogen-bond acceptors (Lipinski definition) is 4. The van der Waals surface area contributed by atoms with Crippen LogP contribution in [0.5, 0.6) is 0 Å². The molecule has 0 aliphatic heterocycles. The van der Waals surface area contributed by atoms with Crippen LogP contribution in [0.4, 0.5) is 0 Å². The number of aliphatic carboxylic acids is 1. The maximum absolute atomic E-state index is 11.5. The summed E-state index contributed by atoms with van der Waals surface area (Å²) in [5.74, 6) is -0.861. The molecule has 2 atom stereocenters. The minimum absolute atomic E-state index is 0.270. The smallest absolute Gasteiger partial charge is 0.332 e. The molecule has 222 valence electrons. The van der Waals surface area contributed by atoms with Crippen molar-refractivity contribution in [3.8, 4) is 0 Å².